The lowest BCUT2D eigenvalue weighted by Crippen LogP contribution is -2.31. The van der Waals surface area contributed by atoms with Gasteiger partial charge < -0.3 is 10.2 Å². The van der Waals surface area contributed by atoms with E-state index in [0.29, 0.717) is 25.1 Å². The average molecular weight is 336 g/mol. The highest BCUT2D eigenvalue weighted by Crippen LogP contribution is 2.25. The fourth-order valence-corrected chi connectivity index (χ4v) is 3.11. The molecule has 1 aliphatic rings. The fourth-order valence-electron chi connectivity index (χ4n) is 3.11. The number of benzene rings is 2. The molecule has 0 unspecified atom stereocenters. The molecule has 2 aromatic rings. The Morgan fingerprint density at radius 1 is 1.08 bits per heavy atom. The van der Waals surface area contributed by atoms with Crippen molar-refractivity contribution in [1.29, 1.82) is 0 Å². The van der Waals surface area contributed by atoms with Gasteiger partial charge in [0.25, 0.3) is 5.91 Å². The van der Waals surface area contributed by atoms with E-state index >= 15 is 0 Å². The molecule has 1 atom stereocenters. The molecule has 3 rings (SSSR count). The van der Waals surface area contributed by atoms with E-state index in [1.54, 1.807) is 0 Å². The zero-order chi connectivity index (χ0) is 18.0. The number of anilines is 1. The van der Waals surface area contributed by atoms with Crippen LogP contribution in [-0.4, -0.2) is 24.9 Å². The maximum Gasteiger partial charge on any atom is 0.251 e. The van der Waals surface area contributed by atoms with Gasteiger partial charge in [-0.2, -0.15) is 0 Å². The summed E-state index contributed by atoms with van der Waals surface area (Å²) < 4.78 is 0. The highest BCUT2D eigenvalue weighted by Gasteiger charge is 2.30. The second kappa shape index (κ2) is 7.09. The third kappa shape index (κ3) is 3.90. The van der Waals surface area contributed by atoms with Gasteiger partial charge in [-0.25, -0.2) is 0 Å². The lowest BCUT2D eigenvalue weighted by atomic mass is 10.1. The molecule has 4 nitrogen and oxygen atoms in total. The van der Waals surface area contributed by atoms with Gasteiger partial charge in [0.1, 0.15) is 0 Å². The Kier molecular flexibility index (Phi) is 4.88. The zero-order valence-electron chi connectivity index (χ0n) is 15.0. The van der Waals surface area contributed by atoms with Crippen LogP contribution in [0.25, 0.3) is 0 Å². The molecule has 1 N–H and O–H groups in total. The number of nitrogens with zero attached hydrogens (tertiary/aromatic N) is 1. The van der Waals surface area contributed by atoms with E-state index in [9.17, 15) is 9.59 Å². The van der Waals surface area contributed by atoms with Gasteiger partial charge in [0.05, 0.1) is 0 Å². The smallest absolute Gasteiger partial charge is 0.251 e. The van der Waals surface area contributed by atoms with Crippen LogP contribution >= 0.6 is 0 Å². The number of hydrogen-bond donors (Lipinski definition) is 1. The summed E-state index contributed by atoms with van der Waals surface area (Å²) in [5.41, 5.74) is 5.05. The van der Waals surface area contributed by atoms with Crippen LogP contribution in [0, 0.1) is 26.7 Å². The summed E-state index contributed by atoms with van der Waals surface area (Å²) in [5, 5.41) is 2.97. The molecule has 0 radical (unpaired) electrons. The zero-order valence-corrected chi connectivity index (χ0v) is 15.0. The van der Waals surface area contributed by atoms with Crippen molar-refractivity contribution in [3.63, 3.8) is 0 Å². The van der Waals surface area contributed by atoms with Crippen molar-refractivity contribution < 1.29 is 9.59 Å². The Labute approximate surface area is 148 Å². The van der Waals surface area contributed by atoms with Crippen LogP contribution in [0.5, 0.6) is 0 Å². The van der Waals surface area contributed by atoms with Crippen LogP contribution < -0.4 is 10.2 Å². The van der Waals surface area contributed by atoms with Crippen LogP contribution in [0.3, 0.4) is 0 Å². The van der Waals surface area contributed by atoms with Gasteiger partial charge in [-0.1, -0.05) is 23.8 Å². The first-order valence-electron chi connectivity index (χ1n) is 8.66. The number of aryl methyl sites for hydroxylation is 3. The molecule has 0 saturated carbocycles. The van der Waals surface area contributed by atoms with Crippen molar-refractivity contribution in [2.24, 2.45) is 5.92 Å². The number of hydrogen-bond acceptors (Lipinski definition) is 2. The topological polar surface area (TPSA) is 49.4 Å². The first-order chi connectivity index (χ1) is 11.9. The van der Waals surface area contributed by atoms with Gasteiger partial charge >= 0.3 is 0 Å². The minimum atomic E-state index is -0.0793. The lowest BCUT2D eigenvalue weighted by molar-refractivity contribution is -0.117. The summed E-state index contributed by atoms with van der Waals surface area (Å²) in [6.45, 7) is 7.22. The number of amides is 2. The summed E-state index contributed by atoms with van der Waals surface area (Å²) in [5.74, 6) is 0.183. The maximum atomic E-state index is 12.3. The van der Waals surface area contributed by atoms with Crippen LogP contribution in [0.15, 0.2) is 42.5 Å². The van der Waals surface area contributed by atoms with Gasteiger partial charge in [0.15, 0.2) is 0 Å². The monoisotopic (exact) mass is 336 g/mol. The third-order valence-corrected chi connectivity index (χ3v) is 4.87. The van der Waals surface area contributed by atoms with E-state index in [4.69, 9.17) is 0 Å². The van der Waals surface area contributed by atoms with Crippen LogP contribution in [0.1, 0.15) is 33.5 Å². The molecule has 130 valence electrons. The summed E-state index contributed by atoms with van der Waals surface area (Å²) >= 11 is 0. The molecular formula is C21H24N2O2. The number of nitrogens with one attached hydrogen (secondary N) is 1. The second-order valence-corrected chi connectivity index (χ2v) is 6.92. The van der Waals surface area contributed by atoms with Crippen molar-refractivity contribution in [1.82, 2.24) is 5.32 Å². The van der Waals surface area contributed by atoms with Crippen molar-refractivity contribution in [2.45, 2.75) is 27.2 Å². The van der Waals surface area contributed by atoms with E-state index in [0.717, 1.165) is 11.3 Å². The Bertz CT molecular complexity index is 796. The van der Waals surface area contributed by atoms with Gasteiger partial charge in [-0.05, 0) is 56.2 Å². The maximum absolute atomic E-state index is 12.3. The van der Waals surface area contributed by atoms with Gasteiger partial charge in [-0.3, -0.25) is 9.59 Å². The molecule has 0 spiro atoms. The summed E-state index contributed by atoms with van der Waals surface area (Å²) in [6, 6.07) is 13.7. The fraction of sp³-hybridized carbons (Fsp3) is 0.333. The SMILES string of the molecule is Cc1ccc(N2C[C@H](CNC(=O)c3ccc(C)c(C)c3)CC2=O)cc1. The molecule has 0 bridgehead atoms. The van der Waals surface area contributed by atoms with E-state index in [-0.39, 0.29) is 17.7 Å². The third-order valence-electron chi connectivity index (χ3n) is 4.87. The minimum absolute atomic E-state index is 0.0793. The lowest BCUT2D eigenvalue weighted by Gasteiger charge is -2.17. The summed E-state index contributed by atoms with van der Waals surface area (Å²) in [4.78, 5) is 26.4. The number of rotatable bonds is 4. The molecule has 1 saturated heterocycles. The van der Waals surface area contributed by atoms with Gasteiger partial charge in [-0.15, -0.1) is 0 Å². The summed E-state index contributed by atoms with van der Waals surface area (Å²) in [7, 11) is 0. The van der Waals surface area contributed by atoms with Gasteiger partial charge in [0, 0.05) is 36.7 Å². The first kappa shape index (κ1) is 17.2. The average Bonchev–Trinajstić information content (AvgIpc) is 2.96. The molecule has 1 aliphatic heterocycles. The molecule has 2 aromatic carbocycles. The van der Waals surface area contributed by atoms with E-state index < -0.39 is 0 Å². The molecule has 25 heavy (non-hydrogen) atoms. The molecule has 1 fully saturated rings. The van der Waals surface area contributed by atoms with Crippen molar-refractivity contribution in [3.8, 4) is 0 Å². The summed E-state index contributed by atoms with van der Waals surface area (Å²) in [6.07, 6.45) is 0.473. The van der Waals surface area contributed by atoms with Crippen LogP contribution in [-0.2, 0) is 4.79 Å². The molecule has 2 amide bonds. The predicted octanol–water partition coefficient (Wildman–Crippen LogP) is 3.39. The standard InChI is InChI=1S/C21H24N2O2/c1-14-4-8-19(9-5-14)23-13-17(11-20(23)24)12-22-21(25)18-7-6-15(2)16(3)10-18/h4-10,17H,11-13H2,1-3H3,(H,22,25)/t17-/m0/s1. The molecule has 1 heterocycles. The van der Waals surface area contributed by atoms with E-state index in [1.807, 2.05) is 68.1 Å². The number of carbonyl (C=O) groups excluding carboxylic acids is 2. The largest absolute Gasteiger partial charge is 0.352 e. The first-order valence-corrected chi connectivity index (χ1v) is 8.66. The predicted molar refractivity (Wildman–Crippen MR) is 99.9 cm³/mol. The highest BCUT2D eigenvalue weighted by molar-refractivity contribution is 5.96. The normalized spacial score (nSPS) is 17.0. The molecule has 0 aromatic heterocycles. The quantitative estimate of drug-likeness (QED) is 0.930. The highest BCUT2D eigenvalue weighted by atomic mass is 16.2. The number of carbonyl (C=O) groups is 2. The Morgan fingerprint density at radius 3 is 2.48 bits per heavy atom. The molecule has 0 aliphatic carbocycles. The van der Waals surface area contributed by atoms with Gasteiger partial charge in [0.2, 0.25) is 5.91 Å². The Morgan fingerprint density at radius 2 is 1.80 bits per heavy atom. The molecular weight excluding hydrogens is 312 g/mol. The van der Waals surface area contributed by atoms with Crippen molar-refractivity contribution in [2.75, 3.05) is 18.0 Å². The molecule has 4 heteroatoms. The van der Waals surface area contributed by atoms with E-state index in [2.05, 4.69) is 5.32 Å². The van der Waals surface area contributed by atoms with Crippen molar-refractivity contribution >= 4 is 17.5 Å². The van der Waals surface area contributed by atoms with Crippen LogP contribution in [0.4, 0.5) is 5.69 Å². The Hall–Kier alpha value is -2.62. The second-order valence-electron chi connectivity index (χ2n) is 6.92. The van der Waals surface area contributed by atoms with Crippen molar-refractivity contribution in [3.05, 3.63) is 64.7 Å². The Balaban J connectivity index is 1.59. The van der Waals surface area contributed by atoms with E-state index in [1.165, 1.54) is 11.1 Å². The van der Waals surface area contributed by atoms with Crippen LogP contribution in [0.2, 0.25) is 0 Å². The minimum Gasteiger partial charge on any atom is -0.352 e.